The topological polar surface area (TPSA) is 259 Å². The van der Waals surface area contributed by atoms with Gasteiger partial charge >= 0.3 is 6.09 Å². The number of ketones is 2. The molecule has 1 aromatic rings. The van der Waals surface area contributed by atoms with Crippen LogP contribution in [0.15, 0.2) is 23.0 Å². The van der Waals surface area contributed by atoms with Gasteiger partial charge < -0.3 is 47.5 Å². The number of primary amides is 1. The Bertz CT molecular complexity index is 1630. The van der Waals surface area contributed by atoms with Gasteiger partial charge in [-0.2, -0.15) is 5.26 Å². The minimum atomic E-state index is -2.76. The number of anilines is 1. The number of fused-ring (bicyclic) bond motifs is 3. The normalized spacial score (nSPS) is 27.1. The van der Waals surface area contributed by atoms with Gasteiger partial charge in [-0.1, -0.05) is 19.8 Å². The number of nitrogens with two attached hydrogens (primary N) is 3. The molecule has 4 rings (SSSR count). The molecule has 0 saturated heterocycles. The van der Waals surface area contributed by atoms with Crippen molar-refractivity contribution in [3.63, 3.8) is 0 Å². The number of hydrogen-bond donors (Lipinski definition) is 7. The van der Waals surface area contributed by atoms with Crippen molar-refractivity contribution in [2.45, 2.75) is 62.7 Å². The van der Waals surface area contributed by atoms with Crippen LogP contribution < -0.4 is 27.4 Å². The van der Waals surface area contributed by atoms with E-state index in [-0.39, 0.29) is 30.7 Å². The third kappa shape index (κ3) is 4.84. The number of ether oxygens (including phenoxy) is 1. The molecular formula is C31H41N7O8. The van der Waals surface area contributed by atoms with E-state index >= 15 is 0 Å². The zero-order chi connectivity index (χ0) is 34.5. The predicted molar refractivity (Wildman–Crippen MR) is 166 cm³/mol. The highest BCUT2D eigenvalue weighted by atomic mass is 16.5. The number of amides is 2. The number of benzene rings is 1. The molecule has 4 atom stereocenters. The highest BCUT2D eigenvalue weighted by molar-refractivity contribution is 6.25. The van der Waals surface area contributed by atoms with E-state index in [1.165, 1.54) is 19.0 Å². The summed E-state index contributed by atoms with van der Waals surface area (Å²) in [5.41, 5.74) is 11.8. The number of Topliss-reactive ketones (excluding diaryl/α,β-unsaturated/α-hetero) is 2. The first-order valence-corrected chi connectivity index (χ1v) is 14.8. The molecule has 248 valence electrons. The first-order valence-electron chi connectivity index (χ1n) is 14.8. The lowest BCUT2D eigenvalue weighted by molar-refractivity contribution is -0.139. The van der Waals surface area contributed by atoms with Crippen molar-refractivity contribution in [2.75, 3.05) is 39.7 Å². The summed E-state index contributed by atoms with van der Waals surface area (Å²) in [7, 11) is 6.31. The van der Waals surface area contributed by atoms with Gasteiger partial charge in [-0.05, 0) is 45.0 Å². The van der Waals surface area contributed by atoms with E-state index in [4.69, 9.17) is 21.9 Å². The Labute approximate surface area is 266 Å². The lowest BCUT2D eigenvalue weighted by Gasteiger charge is -2.58. The van der Waals surface area contributed by atoms with Crippen molar-refractivity contribution in [1.29, 1.82) is 5.26 Å². The van der Waals surface area contributed by atoms with Crippen LogP contribution in [0.5, 0.6) is 5.75 Å². The van der Waals surface area contributed by atoms with Crippen LogP contribution in [0.2, 0.25) is 0 Å². The van der Waals surface area contributed by atoms with E-state index in [0.29, 0.717) is 17.7 Å². The summed E-state index contributed by atoms with van der Waals surface area (Å²) < 4.78 is 5.17. The van der Waals surface area contributed by atoms with Gasteiger partial charge in [-0.25, -0.2) is 4.79 Å². The summed E-state index contributed by atoms with van der Waals surface area (Å²) in [6.07, 6.45) is 1.15. The molecule has 0 aromatic heterocycles. The Hall–Kier alpha value is -4.65. The fraction of sp³-hybridized carbons (Fsp3) is 0.516. The van der Waals surface area contributed by atoms with E-state index in [1.807, 2.05) is 6.92 Å². The molecule has 0 unspecified atom stereocenters. The van der Waals surface area contributed by atoms with Crippen LogP contribution >= 0.6 is 0 Å². The number of nitrogens with zero attached hydrogens (tertiary/aromatic N) is 3. The summed E-state index contributed by atoms with van der Waals surface area (Å²) in [6.45, 7) is 2.03. The van der Waals surface area contributed by atoms with E-state index in [1.54, 1.807) is 31.1 Å². The number of hydrogen-bond acceptors (Lipinski definition) is 13. The molecule has 2 amide bonds. The zero-order valence-electron chi connectivity index (χ0n) is 26.6. The number of rotatable bonds is 9. The smallest absolute Gasteiger partial charge is 0.407 e. The van der Waals surface area contributed by atoms with Crippen molar-refractivity contribution in [1.82, 2.24) is 10.2 Å². The second kappa shape index (κ2) is 11.9. The number of aliphatic hydroxyl groups excluding tert-OH is 2. The Morgan fingerprint density at radius 2 is 1.80 bits per heavy atom. The van der Waals surface area contributed by atoms with Gasteiger partial charge in [-0.3, -0.25) is 19.3 Å². The van der Waals surface area contributed by atoms with E-state index < -0.39 is 80.9 Å². The Balaban J connectivity index is 1.93. The van der Waals surface area contributed by atoms with Gasteiger partial charge in [0.25, 0.3) is 5.91 Å². The average molecular weight is 640 g/mol. The maximum atomic E-state index is 14.6. The number of phenolic OH excluding ortho intramolecular Hbond substituents is 1. The van der Waals surface area contributed by atoms with Crippen LogP contribution in [0.1, 0.15) is 49.3 Å². The van der Waals surface area contributed by atoms with Gasteiger partial charge in [0.05, 0.1) is 40.9 Å². The largest absolute Gasteiger partial charge is 0.509 e. The number of likely N-dealkylation sites (N-methyl/N-ethyl adjacent to an activating group) is 1. The van der Waals surface area contributed by atoms with E-state index in [9.17, 15) is 39.8 Å². The number of aromatic hydroxyl groups is 1. The number of unbranched alkanes of at least 4 members (excludes halogenated alkanes) is 2. The number of aliphatic hydroxyl groups is 2. The van der Waals surface area contributed by atoms with Gasteiger partial charge in [0.1, 0.15) is 22.8 Å². The third-order valence-electron chi connectivity index (χ3n) is 9.19. The quantitative estimate of drug-likeness (QED) is 0.143. The summed E-state index contributed by atoms with van der Waals surface area (Å²) in [5.74, 6) is -6.06. The maximum Gasteiger partial charge on any atom is 0.407 e. The molecule has 0 bridgehead atoms. The maximum absolute atomic E-state index is 14.6. The third-order valence-corrected chi connectivity index (χ3v) is 9.19. The van der Waals surface area contributed by atoms with E-state index in [2.05, 4.69) is 5.32 Å². The van der Waals surface area contributed by atoms with Crippen LogP contribution in [0.3, 0.4) is 0 Å². The minimum absolute atomic E-state index is 0.170. The van der Waals surface area contributed by atoms with Crippen LogP contribution in [0, 0.1) is 16.7 Å². The molecule has 0 radical (unpaired) electrons. The summed E-state index contributed by atoms with van der Waals surface area (Å²) in [4.78, 5) is 55.8. The minimum Gasteiger partial charge on any atom is -0.509 e. The highest BCUT2D eigenvalue weighted by Gasteiger charge is 2.74. The Morgan fingerprint density at radius 1 is 1.15 bits per heavy atom. The van der Waals surface area contributed by atoms with Crippen molar-refractivity contribution >= 4 is 35.0 Å². The van der Waals surface area contributed by atoms with Crippen LogP contribution in [-0.2, 0) is 32.1 Å². The summed E-state index contributed by atoms with van der Waals surface area (Å²) in [6, 6.07) is 1.85. The Kier molecular flexibility index (Phi) is 8.88. The number of alkyl carbamates (subject to hydrolysis) is 1. The van der Waals surface area contributed by atoms with Crippen molar-refractivity contribution < 1.29 is 39.2 Å². The number of phenols is 1. The fourth-order valence-corrected chi connectivity index (χ4v) is 7.20. The zero-order valence-corrected chi connectivity index (χ0v) is 26.6. The molecule has 3 aliphatic carbocycles. The number of carbonyl (C=O) groups is 4. The molecule has 1 saturated carbocycles. The van der Waals surface area contributed by atoms with Crippen molar-refractivity contribution in [2.24, 2.45) is 22.6 Å². The fourth-order valence-electron chi connectivity index (χ4n) is 7.20. The van der Waals surface area contributed by atoms with Gasteiger partial charge in [0, 0.05) is 31.9 Å². The first kappa shape index (κ1) is 34.2. The monoisotopic (exact) mass is 639 g/mol. The van der Waals surface area contributed by atoms with Crippen LogP contribution in [0.4, 0.5) is 10.5 Å². The summed E-state index contributed by atoms with van der Waals surface area (Å²) >= 11 is 0. The van der Waals surface area contributed by atoms with E-state index in [0.717, 1.165) is 12.8 Å². The van der Waals surface area contributed by atoms with Gasteiger partial charge in [-0.15, -0.1) is 0 Å². The second-order valence-corrected chi connectivity index (χ2v) is 12.6. The predicted octanol–water partition coefficient (Wildman–Crippen LogP) is 0.388. The SMILES string of the molecule is CCCCCOC(=O)NCc1cc(N(C)C)c2c(c1O)C(O)=C1C(=O)[C@]3(C#N)C(O)=C(C(N)=O)C(=O)[C@@H](N(C)C)[C@]3(N)C[C@]1(N)C2. The molecule has 0 spiro atoms. The molecule has 0 aliphatic heterocycles. The number of nitriles is 1. The molecule has 46 heavy (non-hydrogen) atoms. The van der Waals surface area contributed by atoms with Crippen molar-refractivity contribution in [3.05, 3.63) is 39.7 Å². The Morgan fingerprint density at radius 3 is 2.35 bits per heavy atom. The lowest BCUT2D eigenvalue weighted by atomic mass is 9.47. The molecule has 1 aromatic carbocycles. The van der Waals surface area contributed by atoms with Crippen LogP contribution in [-0.4, -0.2) is 95.7 Å². The standard InChI is InChI=1S/C31H41N7O8/c1-6-7-8-9-46-28(45)36-12-15-10-17(37(2)3)16-11-29(34)13-31(35)24(38(4)5)23(41)19(27(33)44)25(42)30(31,14-32)26(43)20(29)22(40)18(16)21(15)39/h10,24,39-40,42H,6-9,11-13,34-35H2,1-5H3,(H2,33,44)(H,36,45)/t24-,29-,30+,31-/m1/s1. The average Bonchev–Trinajstić information content (AvgIpc) is 2.93. The molecule has 15 nitrogen and oxygen atoms in total. The highest BCUT2D eigenvalue weighted by Crippen LogP contribution is 2.59. The molecule has 3 aliphatic rings. The van der Waals surface area contributed by atoms with Crippen LogP contribution in [0.25, 0.3) is 5.76 Å². The van der Waals surface area contributed by atoms with Crippen molar-refractivity contribution in [3.8, 4) is 11.8 Å². The summed E-state index contributed by atoms with van der Waals surface area (Å²) in [5, 5.41) is 47.7. The second-order valence-electron chi connectivity index (χ2n) is 12.6. The molecule has 10 N–H and O–H groups in total. The number of carbonyl (C=O) groups excluding carboxylic acids is 4. The number of nitrogens with one attached hydrogen (secondary N) is 1. The first-order chi connectivity index (χ1) is 21.4. The van der Waals surface area contributed by atoms with Gasteiger partial charge in [0.15, 0.2) is 17.0 Å². The molecule has 1 fully saturated rings. The van der Waals surface area contributed by atoms with Gasteiger partial charge in [0.2, 0.25) is 0 Å². The lowest BCUT2D eigenvalue weighted by Crippen LogP contribution is -2.80. The molecule has 0 heterocycles. The molecular weight excluding hydrogens is 598 g/mol. The molecule has 15 heteroatoms.